The number of aryl methyl sites for hydroxylation is 1. The third kappa shape index (κ3) is 5.60. The highest BCUT2D eigenvalue weighted by Gasteiger charge is 2.34. The van der Waals surface area contributed by atoms with Gasteiger partial charge in [0.2, 0.25) is 0 Å². The molecule has 2 heterocycles. The molecular formula is C29H32F2N4O3. The molecule has 9 heteroatoms. The lowest BCUT2D eigenvalue weighted by Crippen LogP contribution is -3.03. The van der Waals surface area contributed by atoms with E-state index >= 15 is 0 Å². The van der Waals surface area contributed by atoms with Crippen LogP contribution in [0, 0.1) is 23.8 Å². The average molecular weight is 523 g/mol. The van der Waals surface area contributed by atoms with Gasteiger partial charge in [-0.25, -0.2) is 18.6 Å². The predicted molar refractivity (Wildman–Crippen MR) is 144 cm³/mol. The molecule has 0 amide bonds. The summed E-state index contributed by atoms with van der Waals surface area (Å²) in [5, 5.41) is 25.5. The number of pyridine rings is 1. The molecule has 0 spiro atoms. The second-order valence-electron chi connectivity index (χ2n) is 9.30. The highest BCUT2D eigenvalue weighted by molar-refractivity contribution is 5.91. The standard InChI is InChI=1S/C29H32F2N4O3/c1-4-34(5-2)14-7-13-32-25-17-22(21-16-19(29(36)37)11-10-18(21)3)20-12-15-35(38)28(27(20)33-25)26-23(30)8-6-9-24(26)31/h6,8-12,15-17,28,35H,4-5,7,13-14H2,1-3H3,(H,32,33)(H,36,37). The van der Waals surface area contributed by atoms with Crippen LogP contribution in [0.2, 0.25) is 0 Å². The van der Waals surface area contributed by atoms with Crippen LogP contribution in [0.15, 0.2) is 48.7 Å². The summed E-state index contributed by atoms with van der Waals surface area (Å²) in [7, 11) is 0. The van der Waals surface area contributed by atoms with Crippen LogP contribution < -0.4 is 10.4 Å². The fraction of sp³-hybridized carbons (Fsp3) is 0.310. The van der Waals surface area contributed by atoms with Crippen LogP contribution in [-0.2, 0) is 0 Å². The van der Waals surface area contributed by atoms with E-state index in [2.05, 4.69) is 29.0 Å². The zero-order valence-electron chi connectivity index (χ0n) is 21.7. The Morgan fingerprint density at radius 3 is 2.50 bits per heavy atom. The molecule has 38 heavy (non-hydrogen) atoms. The second kappa shape index (κ2) is 11.8. The molecule has 1 aromatic heterocycles. The molecule has 0 fully saturated rings. The number of nitrogens with zero attached hydrogens (tertiary/aromatic N) is 2. The van der Waals surface area contributed by atoms with Crippen molar-refractivity contribution in [2.75, 3.05) is 31.5 Å². The zero-order chi connectivity index (χ0) is 27.4. The Labute approximate surface area is 221 Å². The molecule has 0 radical (unpaired) electrons. The number of carboxylic acid groups (broad SMARTS) is 1. The molecule has 3 aromatic rings. The van der Waals surface area contributed by atoms with Crippen molar-refractivity contribution in [1.29, 1.82) is 0 Å². The first-order valence-electron chi connectivity index (χ1n) is 12.8. The quantitative estimate of drug-likeness (QED) is 0.266. The minimum absolute atomic E-state index is 0.109. The van der Waals surface area contributed by atoms with Crippen LogP contribution in [0.1, 0.15) is 59.1 Å². The SMILES string of the molecule is CCN(CC)CCCNc1cc(-c2cc(C(=O)O)ccc2C)c2c(n1)C(c1c(F)cccc1F)[NH+]([O-])C=C2. The summed E-state index contributed by atoms with van der Waals surface area (Å²) in [4.78, 5) is 18.7. The van der Waals surface area contributed by atoms with Gasteiger partial charge in [0.15, 0.2) is 6.04 Å². The molecule has 3 N–H and O–H groups in total. The van der Waals surface area contributed by atoms with Crippen molar-refractivity contribution in [3.05, 3.63) is 93.5 Å². The maximum atomic E-state index is 14.9. The number of hydrogen-bond donors (Lipinski definition) is 3. The minimum atomic E-state index is -1.27. The lowest BCUT2D eigenvalue weighted by molar-refractivity contribution is -0.821. The summed E-state index contributed by atoms with van der Waals surface area (Å²) in [6.45, 7) is 9.45. The van der Waals surface area contributed by atoms with Crippen LogP contribution >= 0.6 is 0 Å². The van der Waals surface area contributed by atoms with Crippen LogP contribution in [0.25, 0.3) is 17.2 Å². The van der Waals surface area contributed by atoms with Gasteiger partial charge in [-0.2, -0.15) is 0 Å². The number of hydroxylamine groups is 2. The second-order valence-corrected chi connectivity index (χ2v) is 9.30. The molecule has 0 saturated heterocycles. The molecule has 0 saturated carbocycles. The molecule has 0 aliphatic carbocycles. The first-order valence-corrected chi connectivity index (χ1v) is 12.8. The van der Waals surface area contributed by atoms with Gasteiger partial charge in [0.05, 0.1) is 17.3 Å². The summed E-state index contributed by atoms with van der Waals surface area (Å²) < 4.78 is 29.8. The molecule has 2 aromatic carbocycles. The van der Waals surface area contributed by atoms with Gasteiger partial charge in [-0.1, -0.05) is 26.0 Å². The lowest BCUT2D eigenvalue weighted by Gasteiger charge is -2.33. The van der Waals surface area contributed by atoms with Crippen molar-refractivity contribution in [3.8, 4) is 11.1 Å². The predicted octanol–water partition coefficient (Wildman–Crippen LogP) is 4.63. The fourth-order valence-electron chi connectivity index (χ4n) is 4.85. The summed E-state index contributed by atoms with van der Waals surface area (Å²) in [6.07, 6.45) is 3.73. The summed E-state index contributed by atoms with van der Waals surface area (Å²) in [5.74, 6) is -2.27. The number of aromatic carboxylic acids is 1. The van der Waals surface area contributed by atoms with E-state index in [4.69, 9.17) is 0 Å². The number of rotatable bonds is 10. The molecule has 7 nitrogen and oxygen atoms in total. The number of aromatic nitrogens is 1. The summed E-state index contributed by atoms with van der Waals surface area (Å²) in [6, 6.07) is 8.86. The Bertz CT molecular complexity index is 1340. The molecule has 1 aliphatic rings. The first-order chi connectivity index (χ1) is 18.2. The number of fused-ring (bicyclic) bond motifs is 1. The molecule has 200 valence electrons. The van der Waals surface area contributed by atoms with Gasteiger partial charge in [-0.05, 0) is 80.0 Å². The van der Waals surface area contributed by atoms with Gasteiger partial charge < -0.3 is 25.6 Å². The Hall–Kier alpha value is -3.66. The van der Waals surface area contributed by atoms with Gasteiger partial charge in [-0.15, -0.1) is 0 Å². The Balaban J connectivity index is 1.85. The van der Waals surface area contributed by atoms with Gasteiger partial charge in [-0.3, -0.25) is 0 Å². The monoisotopic (exact) mass is 522 g/mol. The normalized spacial score (nSPS) is 16.5. The fourth-order valence-corrected chi connectivity index (χ4v) is 4.85. The summed E-state index contributed by atoms with van der Waals surface area (Å²) in [5.41, 5.74) is 2.60. The smallest absolute Gasteiger partial charge is 0.335 e. The molecular weight excluding hydrogens is 490 g/mol. The van der Waals surface area contributed by atoms with Gasteiger partial charge in [0, 0.05) is 18.2 Å². The van der Waals surface area contributed by atoms with E-state index in [9.17, 15) is 23.9 Å². The molecule has 2 unspecified atom stereocenters. The third-order valence-electron chi connectivity index (χ3n) is 6.98. The minimum Gasteiger partial charge on any atom is -0.629 e. The number of nitrogens with one attached hydrogen (secondary N) is 2. The van der Waals surface area contributed by atoms with E-state index < -0.39 is 28.7 Å². The van der Waals surface area contributed by atoms with E-state index in [0.717, 1.165) is 43.8 Å². The molecule has 2 atom stereocenters. The first kappa shape index (κ1) is 27.4. The largest absolute Gasteiger partial charge is 0.629 e. The Kier molecular flexibility index (Phi) is 8.51. The van der Waals surface area contributed by atoms with Crippen LogP contribution in [0.5, 0.6) is 0 Å². The van der Waals surface area contributed by atoms with E-state index in [1.807, 2.05) is 6.92 Å². The van der Waals surface area contributed by atoms with Crippen molar-refractivity contribution >= 4 is 17.9 Å². The zero-order valence-corrected chi connectivity index (χ0v) is 21.7. The molecule has 4 rings (SSSR count). The molecule has 0 bridgehead atoms. The van der Waals surface area contributed by atoms with Gasteiger partial charge >= 0.3 is 5.97 Å². The number of anilines is 1. The van der Waals surface area contributed by atoms with Crippen molar-refractivity contribution in [3.63, 3.8) is 0 Å². The van der Waals surface area contributed by atoms with E-state index in [-0.39, 0.29) is 16.8 Å². The number of hydrogen-bond acceptors (Lipinski definition) is 5. The van der Waals surface area contributed by atoms with Gasteiger partial charge in [0.25, 0.3) is 0 Å². The van der Waals surface area contributed by atoms with Gasteiger partial charge in [0.1, 0.15) is 23.1 Å². The average Bonchev–Trinajstić information content (AvgIpc) is 2.89. The van der Waals surface area contributed by atoms with Crippen molar-refractivity contribution in [2.45, 2.75) is 33.2 Å². The number of benzene rings is 2. The van der Waals surface area contributed by atoms with Crippen LogP contribution in [0.4, 0.5) is 14.6 Å². The Morgan fingerprint density at radius 1 is 1.13 bits per heavy atom. The maximum Gasteiger partial charge on any atom is 0.335 e. The van der Waals surface area contributed by atoms with Crippen molar-refractivity contribution in [2.24, 2.45) is 0 Å². The highest BCUT2D eigenvalue weighted by atomic mass is 19.1. The van der Waals surface area contributed by atoms with Crippen LogP contribution in [-0.4, -0.2) is 47.1 Å². The number of carbonyl (C=O) groups is 1. The number of quaternary nitrogens is 1. The Morgan fingerprint density at radius 2 is 1.84 bits per heavy atom. The highest BCUT2D eigenvalue weighted by Crippen LogP contribution is 2.37. The number of halogens is 2. The topological polar surface area (TPSA) is 93.0 Å². The molecule has 1 aliphatic heterocycles. The van der Waals surface area contributed by atoms with E-state index in [1.54, 1.807) is 24.3 Å². The van der Waals surface area contributed by atoms with Crippen molar-refractivity contribution < 1.29 is 23.7 Å². The number of carboxylic acids is 1. The van der Waals surface area contributed by atoms with E-state index in [0.29, 0.717) is 29.1 Å². The van der Waals surface area contributed by atoms with Crippen LogP contribution in [0.3, 0.4) is 0 Å². The van der Waals surface area contributed by atoms with Crippen molar-refractivity contribution in [1.82, 2.24) is 9.88 Å². The third-order valence-corrected chi connectivity index (χ3v) is 6.98. The van der Waals surface area contributed by atoms with E-state index in [1.165, 1.54) is 18.3 Å². The lowest BCUT2D eigenvalue weighted by atomic mass is 9.88. The summed E-state index contributed by atoms with van der Waals surface area (Å²) >= 11 is 0. The maximum absolute atomic E-state index is 14.9.